The SMILES string of the molecule is O=c1oc2cc(-c3ccc(Cl)cc3)cc(O)c2c2ccccc12. The molecule has 0 radical (unpaired) electrons. The third kappa shape index (κ3) is 2.26. The first-order chi connectivity index (χ1) is 11.1. The molecule has 0 aliphatic heterocycles. The van der Waals surface area contributed by atoms with Crippen LogP contribution in [0.4, 0.5) is 0 Å². The van der Waals surface area contributed by atoms with Gasteiger partial charge in [0.25, 0.3) is 0 Å². The molecule has 3 nitrogen and oxygen atoms in total. The summed E-state index contributed by atoms with van der Waals surface area (Å²) in [6, 6.07) is 17.7. The van der Waals surface area contributed by atoms with Crippen LogP contribution in [-0.4, -0.2) is 5.11 Å². The van der Waals surface area contributed by atoms with E-state index in [-0.39, 0.29) is 5.75 Å². The van der Waals surface area contributed by atoms with Gasteiger partial charge in [-0.1, -0.05) is 41.9 Å². The van der Waals surface area contributed by atoms with Crippen molar-refractivity contribution in [2.75, 3.05) is 0 Å². The maximum absolute atomic E-state index is 12.1. The quantitative estimate of drug-likeness (QED) is 0.397. The number of phenols is 1. The first-order valence-electron chi connectivity index (χ1n) is 7.08. The van der Waals surface area contributed by atoms with Gasteiger partial charge in [-0.05, 0) is 41.5 Å². The van der Waals surface area contributed by atoms with Crippen LogP contribution in [0.2, 0.25) is 5.02 Å². The minimum Gasteiger partial charge on any atom is -0.507 e. The Hall–Kier alpha value is -2.78. The third-order valence-electron chi connectivity index (χ3n) is 3.88. The van der Waals surface area contributed by atoms with E-state index in [9.17, 15) is 9.90 Å². The van der Waals surface area contributed by atoms with Gasteiger partial charge in [0.15, 0.2) is 0 Å². The summed E-state index contributed by atoms with van der Waals surface area (Å²) in [5, 5.41) is 12.8. The molecule has 0 aliphatic rings. The lowest BCUT2D eigenvalue weighted by molar-refractivity contribution is 0.480. The van der Waals surface area contributed by atoms with Gasteiger partial charge in [0.1, 0.15) is 11.3 Å². The van der Waals surface area contributed by atoms with Gasteiger partial charge in [-0.3, -0.25) is 0 Å². The van der Waals surface area contributed by atoms with Crippen molar-refractivity contribution in [1.29, 1.82) is 0 Å². The molecule has 0 saturated carbocycles. The first-order valence-corrected chi connectivity index (χ1v) is 7.46. The molecule has 4 heteroatoms. The Bertz CT molecular complexity index is 1100. The van der Waals surface area contributed by atoms with Crippen molar-refractivity contribution in [1.82, 2.24) is 0 Å². The van der Waals surface area contributed by atoms with Crippen LogP contribution in [0, 0.1) is 0 Å². The molecule has 1 aromatic heterocycles. The number of fused-ring (bicyclic) bond motifs is 3. The Kier molecular flexibility index (Phi) is 3.10. The highest BCUT2D eigenvalue weighted by Gasteiger charge is 2.12. The summed E-state index contributed by atoms with van der Waals surface area (Å²) < 4.78 is 5.40. The van der Waals surface area contributed by atoms with Crippen LogP contribution in [0.25, 0.3) is 32.9 Å². The standard InChI is InChI=1S/C19H11ClO3/c20-13-7-5-11(6-8-13)12-9-16(21)18-14-3-1-2-4-15(14)19(22)23-17(18)10-12/h1-10,21H. The maximum atomic E-state index is 12.1. The molecule has 0 aliphatic carbocycles. The molecule has 0 amide bonds. The van der Waals surface area contributed by atoms with Gasteiger partial charge in [-0.15, -0.1) is 0 Å². The number of hydrogen-bond acceptors (Lipinski definition) is 3. The third-order valence-corrected chi connectivity index (χ3v) is 4.13. The van der Waals surface area contributed by atoms with Crippen molar-refractivity contribution in [3.63, 3.8) is 0 Å². The van der Waals surface area contributed by atoms with Crippen molar-refractivity contribution in [3.8, 4) is 16.9 Å². The Morgan fingerprint density at radius 1 is 0.870 bits per heavy atom. The number of benzene rings is 3. The molecule has 4 rings (SSSR count). The first kappa shape index (κ1) is 13.9. The Balaban J connectivity index is 2.07. The van der Waals surface area contributed by atoms with Gasteiger partial charge in [0.05, 0.1) is 10.8 Å². The molecular formula is C19H11ClO3. The zero-order valence-corrected chi connectivity index (χ0v) is 12.7. The van der Waals surface area contributed by atoms with Crippen LogP contribution in [0.1, 0.15) is 0 Å². The van der Waals surface area contributed by atoms with Crippen LogP contribution in [0.15, 0.2) is 69.9 Å². The molecule has 0 spiro atoms. The molecule has 1 heterocycles. The summed E-state index contributed by atoms with van der Waals surface area (Å²) >= 11 is 5.90. The summed E-state index contributed by atoms with van der Waals surface area (Å²) in [5.74, 6) is 0.0763. The second-order valence-electron chi connectivity index (χ2n) is 5.31. The van der Waals surface area contributed by atoms with Gasteiger partial charge in [0.2, 0.25) is 0 Å². The molecule has 0 fully saturated rings. The summed E-state index contributed by atoms with van der Waals surface area (Å²) in [6.45, 7) is 0. The average Bonchev–Trinajstić information content (AvgIpc) is 2.55. The highest BCUT2D eigenvalue weighted by atomic mass is 35.5. The molecule has 112 valence electrons. The molecule has 23 heavy (non-hydrogen) atoms. The van der Waals surface area contributed by atoms with Gasteiger partial charge in [-0.25, -0.2) is 4.79 Å². The fourth-order valence-electron chi connectivity index (χ4n) is 2.79. The summed E-state index contributed by atoms with van der Waals surface area (Å²) in [6.07, 6.45) is 0. The van der Waals surface area contributed by atoms with Crippen LogP contribution < -0.4 is 5.63 Å². The summed E-state index contributed by atoms with van der Waals surface area (Å²) in [4.78, 5) is 12.1. The van der Waals surface area contributed by atoms with Crippen molar-refractivity contribution in [2.45, 2.75) is 0 Å². The highest BCUT2D eigenvalue weighted by molar-refractivity contribution is 6.30. The van der Waals surface area contributed by atoms with Crippen LogP contribution in [-0.2, 0) is 0 Å². The van der Waals surface area contributed by atoms with E-state index in [0.29, 0.717) is 26.8 Å². The van der Waals surface area contributed by atoms with Crippen molar-refractivity contribution in [2.24, 2.45) is 0 Å². The number of halogens is 1. The Labute approximate surface area is 136 Å². The van der Waals surface area contributed by atoms with Crippen molar-refractivity contribution in [3.05, 3.63) is 76.1 Å². The van der Waals surface area contributed by atoms with Crippen molar-refractivity contribution < 1.29 is 9.52 Å². The largest absolute Gasteiger partial charge is 0.507 e. The second-order valence-corrected chi connectivity index (χ2v) is 5.75. The van der Waals surface area contributed by atoms with E-state index in [4.69, 9.17) is 16.0 Å². The van der Waals surface area contributed by atoms with E-state index < -0.39 is 5.63 Å². The topological polar surface area (TPSA) is 50.4 Å². The molecule has 0 bridgehead atoms. The Morgan fingerprint density at radius 3 is 2.30 bits per heavy atom. The fraction of sp³-hybridized carbons (Fsp3) is 0. The van der Waals surface area contributed by atoms with Crippen LogP contribution >= 0.6 is 11.6 Å². The smallest absolute Gasteiger partial charge is 0.344 e. The monoisotopic (exact) mass is 322 g/mol. The second kappa shape index (κ2) is 5.14. The molecule has 1 N–H and O–H groups in total. The lowest BCUT2D eigenvalue weighted by Gasteiger charge is -2.08. The zero-order chi connectivity index (χ0) is 16.0. The van der Waals surface area contributed by atoms with E-state index in [2.05, 4.69) is 0 Å². The molecule has 0 atom stereocenters. The number of aromatic hydroxyl groups is 1. The minimum absolute atomic E-state index is 0.0763. The van der Waals surface area contributed by atoms with Gasteiger partial charge in [0, 0.05) is 10.4 Å². The van der Waals surface area contributed by atoms with E-state index in [1.165, 1.54) is 0 Å². The molecule has 4 aromatic rings. The van der Waals surface area contributed by atoms with E-state index in [0.717, 1.165) is 11.1 Å². The molecule has 0 saturated heterocycles. The van der Waals surface area contributed by atoms with E-state index in [1.54, 1.807) is 42.5 Å². The number of hydrogen-bond donors (Lipinski definition) is 1. The van der Waals surface area contributed by atoms with Gasteiger partial charge >= 0.3 is 5.63 Å². The highest BCUT2D eigenvalue weighted by Crippen LogP contribution is 2.35. The minimum atomic E-state index is -0.416. The zero-order valence-electron chi connectivity index (χ0n) is 11.9. The maximum Gasteiger partial charge on any atom is 0.344 e. The summed E-state index contributed by atoms with van der Waals surface area (Å²) in [7, 11) is 0. The van der Waals surface area contributed by atoms with Crippen LogP contribution in [0.3, 0.4) is 0 Å². The fourth-order valence-corrected chi connectivity index (χ4v) is 2.92. The van der Waals surface area contributed by atoms with Gasteiger partial charge in [-0.2, -0.15) is 0 Å². The van der Waals surface area contributed by atoms with Crippen molar-refractivity contribution >= 4 is 33.3 Å². The molecule has 3 aromatic carbocycles. The normalized spacial score (nSPS) is 11.2. The lowest BCUT2D eigenvalue weighted by atomic mass is 10.0. The predicted molar refractivity (Wildman–Crippen MR) is 92.1 cm³/mol. The summed E-state index contributed by atoms with van der Waals surface area (Å²) in [5.41, 5.74) is 1.58. The van der Waals surface area contributed by atoms with E-state index in [1.807, 2.05) is 18.2 Å². The average molecular weight is 323 g/mol. The molecular weight excluding hydrogens is 312 g/mol. The lowest BCUT2D eigenvalue weighted by Crippen LogP contribution is -1.99. The van der Waals surface area contributed by atoms with Crippen LogP contribution in [0.5, 0.6) is 5.75 Å². The Morgan fingerprint density at radius 2 is 1.57 bits per heavy atom. The molecule has 0 unspecified atom stereocenters. The van der Waals surface area contributed by atoms with E-state index >= 15 is 0 Å². The number of phenolic OH excluding ortho intramolecular Hbond substituents is 1. The predicted octanol–water partition coefficient (Wildman–Crippen LogP) is 4.97. The number of rotatable bonds is 1. The van der Waals surface area contributed by atoms with Gasteiger partial charge < -0.3 is 9.52 Å².